The van der Waals surface area contributed by atoms with Gasteiger partial charge in [0.15, 0.2) is 0 Å². The van der Waals surface area contributed by atoms with Gasteiger partial charge in [-0.2, -0.15) is 4.31 Å². The van der Waals surface area contributed by atoms with Gasteiger partial charge in [0.25, 0.3) is 0 Å². The van der Waals surface area contributed by atoms with Gasteiger partial charge in [0, 0.05) is 17.6 Å². The lowest BCUT2D eigenvalue weighted by Crippen LogP contribution is -2.46. The lowest BCUT2D eigenvalue weighted by molar-refractivity contribution is 0.147. The van der Waals surface area contributed by atoms with Gasteiger partial charge in [-0.15, -0.1) is 0 Å². The van der Waals surface area contributed by atoms with Crippen LogP contribution in [-0.2, 0) is 10.0 Å². The van der Waals surface area contributed by atoms with Crippen LogP contribution >= 0.6 is 11.6 Å². The molecule has 0 heterocycles. The van der Waals surface area contributed by atoms with Gasteiger partial charge in [-0.3, -0.25) is 0 Å². The van der Waals surface area contributed by atoms with Crippen LogP contribution in [-0.4, -0.2) is 37.0 Å². The molecule has 1 fully saturated rings. The van der Waals surface area contributed by atoms with E-state index in [4.69, 9.17) is 11.6 Å². The lowest BCUT2D eigenvalue weighted by Gasteiger charge is -2.34. The van der Waals surface area contributed by atoms with E-state index in [2.05, 4.69) is 13.8 Å². The maximum atomic E-state index is 13.3. The molecule has 1 aliphatic rings. The molecule has 0 saturated heterocycles. The molecule has 0 amide bonds. The second-order valence-corrected chi connectivity index (χ2v) is 9.83. The molecule has 1 aromatic carbocycles. The van der Waals surface area contributed by atoms with Crippen molar-refractivity contribution >= 4 is 21.6 Å². The van der Waals surface area contributed by atoms with Crippen molar-refractivity contribution in [2.45, 2.75) is 63.3 Å². The maximum absolute atomic E-state index is 13.3. The summed E-state index contributed by atoms with van der Waals surface area (Å²) in [5.74, 6) is 0.684. The second kappa shape index (κ2) is 9.36. The Kier molecular flexibility index (Phi) is 7.74. The molecule has 4 nitrogen and oxygen atoms in total. The first-order valence-electron chi connectivity index (χ1n) is 9.23. The van der Waals surface area contributed by atoms with Crippen LogP contribution in [0.25, 0.3) is 0 Å². The Hall–Kier alpha value is -0.620. The minimum atomic E-state index is -3.66. The highest BCUT2D eigenvalue weighted by Gasteiger charge is 2.33. The minimum absolute atomic E-state index is 0.155. The summed E-state index contributed by atoms with van der Waals surface area (Å²) in [6.07, 6.45) is 6.33. The molecule has 25 heavy (non-hydrogen) atoms. The van der Waals surface area contributed by atoms with Gasteiger partial charge >= 0.3 is 0 Å². The minimum Gasteiger partial charge on any atom is -0.395 e. The number of nitrogens with zero attached hydrogens (tertiary/aromatic N) is 1. The topological polar surface area (TPSA) is 57.6 Å². The maximum Gasteiger partial charge on any atom is 0.243 e. The van der Waals surface area contributed by atoms with Crippen LogP contribution in [0.15, 0.2) is 29.2 Å². The van der Waals surface area contributed by atoms with Crippen molar-refractivity contribution in [3.63, 3.8) is 0 Å². The lowest BCUT2D eigenvalue weighted by atomic mass is 9.89. The normalized spacial score (nSPS) is 18.0. The van der Waals surface area contributed by atoms with Crippen molar-refractivity contribution in [1.82, 2.24) is 4.31 Å². The van der Waals surface area contributed by atoms with E-state index in [1.807, 2.05) is 0 Å². The van der Waals surface area contributed by atoms with E-state index in [0.717, 1.165) is 25.7 Å². The molecule has 1 saturated carbocycles. The number of hydrogen-bond acceptors (Lipinski definition) is 3. The third-order valence-corrected chi connectivity index (χ3v) is 7.13. The van der Waals surface area contributed by atoms with Crippen LogP contribution in [0.5, 0.6) is 0 Å². The first kappa shape index (κ1) is 20.7. The zero-order valence-electron chi connectivity index (χ0n) is 15.2. The summed E-state index contributed by atoms with van der Waals surface area (Å²) in [5, 5.41) is 10.4. The SMILES string of the molecule is CC(C)CC(CO)N(CC1CCCCC1)S(=O)(=O)c1ccc(Cl)cc1. The molecule has 1 atom stereocenters. The van der Waals surface area contributed by atoms with E-state index in [1.54, 1.807) is 28.6 Å². The van der Waals surface area contributed by atoms with Crippen molar-refractivity contribution in [2.75, 3.05) is 13.2 Å². The van der Waals surface area contributed by atoms with Gasteiger partial charge in [0.2, 0.25) is 10.0 Å². The van der Waals surface area contributed by atoms with Gasteiger partial charge in [0.1, 0.15) is 0 Å². The number of hydrogen-bond donors (Lipinski definition) is 1. The summed E-state index contributed by atoms with van der Waals surface area (Å²) in [5.41, 5.74) is 0. The van der Waals surface area contributed by atoms with Gasteiger partial charge in [-0.05, 0) is 55.4 Å². The van der Waals surface area contributed by atoms with E-state index in [-0.39, 0.29) is 17.5 Å². The van der Waals surface area contributed by atoms with Crippen molar-refractivity contribution in [2.24, 2.45) is 11.8 Å². The fraction of sp³-hybridized carbons (Fsp3) is 0.684. The number of aliphatic hydroxyl groups excluding tert-OH is 1. The molecule has 0 spiro atoms. The highest BCUT2D eigenvalue weighted by Crippen LogP contribution is 2.29. The Bertz CT molecular complexity index is 625. The van der Waals surface area contributed by atoms with Crippen LogP contribution in [0.4, 0.5) is 0 Å². The molecule has 0 bridgehead atoms. The zero-order valence-corrected chi connectivity index (χ0v) is 16.8. The van der Waals surface area contributed by atoms with Crippen LogP contribution < -0.4 is 0 Å². The molecule has 0 aliphatic heterocycles. The van der Waals surface area contributed by atoms with Gasteiger partial charge in [-0.1, -0.05) is 44.7 Å². The molecule has 1 aromatic rings. The second-order valence-electron chi connectivity index (χ2n) is 7.50. The van der Waals surface area contributed by atoms with Crippen molar-refractivity contribution < 1.29 is 13.5 Å². The van der Waals surface area contributed by atoms with E-state index in [0.29, 0.717) is 29.8 Å². The Morgan fingerprint density at radius 1 is 1.16 bits per heavy atom. The number of sulfonamides is 1. The molecular weight excluding hydrogens is 358 g/mol. The van der Waals surface area contributed by atoms with Crippen LogP contribution in [0, 0.1) is 11.8 Å². The average molecular weight is 388 g/mol. The molecule has 6 heteroatoms. The summed E-state index contributed by atoms with van der Waals surface area (Å²) in [7, 11) is -3.66. The van der Waals surface area contributed by atoms with Crippen LogP contribution in [0.3, 0.4) is 0 Å². The summed E-state index contributed by atoms with van der Waals surface area (Å²) in [6.45, 7) is 4.44. The van der Waals surface area contributed by atoms with Crippen LogP contribution in [0.1, 0.15) is 52.4 Å². The molecule has 2 rings (SSSR count). The monoisotopic (exact) mass is 387 g/mol. The van der Waals surface area contributed by atoms with E-state index < -0.39 is 10.0 Å². The Morgan fingerprint density at radius 2 is 1.76 bits per heavy atom. The highest BCUT2D eigenvalue weighted by molar-refractivity contribution is 7.89. The van der Waals surface area contributed by atoms with Crippen molar-refractivity contribution in [1.29, 1.82) is 0 Å². The predicted molar refractivity (Wildman–Crippen MR) is 102 cm³/mol. The number of halogens is 1. The van der Waals surface area contributed by atoms with E-state index in [1.165, 1.54) is 6.42 Å². The summed E-state index contributed by atoms with van der Waals surface area (Å²) >= 11 is 5.91. The Balaban J connectivity index is 2.32. The summed E-state index contributed by atoms with van der Waals surface area (Å²) in [6, 6.07) is 5.92. The highest BCUT2D eigenvalue weighted by atomic mass is 35.5. The average Bonchev–Trinajstić information content (AvgIpc) is 2.59. The molecule has 1 aliphatic carbocycles. The molecule has 0 aromatic heterocycles. The van der Waals surface area contributed by atoms with E-state index in [9.17, 15) is 13.5 Å². The van der Waals surface area contributed by atoms with Gasteiger partial charge in [0.05, 0.1) is 11.5 Å². The van der Waals surface area contributed by atoms with E-state index >= 15 is 0 Å². The quantitative estimate of drug-likeness (QED) is 0.722. The third kappa shape index (κ3) is 5.68. The molecule has 0 radical (unpaired) electrons. The molecule has 142 valence electrons. The largest absolute Gasteiger partial charge is 0.395 e. The van der Waals surface area contributed by atoms with Crippen molar-refractivity contribution in [3.05, 3.63) is 29.3 Å². The molecule has 1 unspecified atom stereocenters. The molecular formula is C19H30ClNO3S. The summed E-state index contributed by atoms with van der Waals surface area (Å²) < 4.78 is 28.1. The third-order valence-electron chi connectivity index (χ3n) is 4.94. The standard InChI is InChI=1S/C19H30ClNO3S/c1-15(2)12-18(14-22)21(13-16-6-4-3-5-7-16)25(23,24)19-10-8-17(20)9-11-19/h8-11,15-16,18,22H,3-7,12-14H2,1-2H3. The number of rotatable bonds is 8. The number of benzene rings is 1. The first-order valence-corrected chi connectivity index (χ1v) is 11.0. The Morgan fingerprint density at radius 3 is 2.28 bits per heavy atom. The molecule has 1 N–H and O–H groups in total. The van der Waals surface area contributed by atoms with Gasteiger partial charge in [-0.25, -0.2) is 8.42 Å². The van der Waals surface area contributed by atoms with Gasteiger partial charge < -0.3 is 5.11 Å². The van der Waals surface area contributed by atoms with Crippen molar-refractivity contribution in [3.8, 4) is 0 Å². The summed E-state index contributed by atoms with van der Waals surface area (Å²) in [4.78, 5) is 0.245. The fourth-order valence-electron chi connectivity index (χ4n) is 3.64. The smallest absolute Gasteiger partial charge is 0.243 e. The number of aliphatic hydroxyl groups is 1. The first-order chi connectivity index (χ1) is 11.8. The predicted octanol–water partition coefficient (Wildman–Crippen LogP) is 4.32. The zero-order chi connectivity index (χ0) is 18.4. The Labute approximate surface area is 157 Å². The van der Waals surface area contributed by atoms with Crippen LogP contribution in [0.2, 0.25) is 5.02 Å². The fourth-order valence-corrected chi connectivity index (χ4v) is 5.47.